The first-order chi connectivity index (χ1) is 16.6. The molecule has 1 saturated heterocycles. The number of alkyl halides is 3. The highest BCUT2D eigenvalue weighted by atomic mass is 32.2. The zero-order valence-corrected chi connectivity index (χ0v) is 20.5. The Morgan fingerprint density at radius 3 is 1.89 bits per heavy atom. The van der Waals surface area contributed by atoms with Crippen LogP contribution in [0.4, 0.5) is 13.2 Å². The molecule has 0 unspecified atom stereocenters. The molecule has 0 radical (unpaired) electrons. The second-order valence-electron chi connectivity index (χ2n) is 8.19. The van der Waals surface area contributed by atoms with E-state index in [-0.39, 0.29) is 53.8 Å². The van der Waals surface area contributed by atoms with Crippen molar-refractivity contribution in [2.24, 2.45) is 0 Å². The number of carbonyl (C=O) groups is 1. The Morgan fingerprint density at radius 2 is 1.44 bits per heavy atom. The summed E-state index contributed by atoms with van der Waals surface area (Å²) in [5.74, 6) is -0.695. The highest BCUT2D eigenvalue weighted by Gasteiger charge is 2.45. The van der Waals surface area contributed by atoms with E-state index < -0.39 is 43.3 Å². The fourth-order valence-electron chi connectivity index (χ4n) is 3.78. The molecule has 0 spiro atoms. The van der Waals surface area contributed by atoms with Gasteiger partial charge in [-0.1, -0.05) is 0 Å². The minimum atomic E-state index is -4.83. The van der Waals surface area contributed by atoms with Crippen molar-refractivity contribution in [3.63, 3.8) is 0 Å². The summed E-state index contributed by atoms with van der Waals surface area (Å²) in [5, 5.41) is 10.4. The van der Waals surface area contributed by atoms with E-state index in [0.29, 0.717) is 0 Å². The Hall–Kier alpha value is -2.88. The summed E-state index contributed by atoms with van der Waals surface area (Å²) in [5.41, 5.74) is -1.52. The quantitative estimate of drug-likeness (QED) is 0.286. The highest BCUT2D eigenvalue weighted by molar-refractivity contribution is 7.91. The van der Waals surface area contributed by atoms with Crippen LogP contribution in [-0.4, -0.2) is 74.8 Å². The Labute approximate surface area is 205 Å². The molecule has 0 aromatic heterocycles. The normalized spacial score (nSPS) is 16.8. The van der Waals surface area contributed by atoms with Gasteiger partial charge in [0.15, 0.2) is 9.84 Å². The van der Waals surface area contributed by atoms with Gasteiger partial charge in [-0.05, 0) is 61.4 Å². The molecule has 36 heavy (non-hydrogen) atoms. The van der Waals surface area contributed by atoms with Crippen LogP contribution in [0.25, 0.3) is 0 Å². The Kier molecular flexibility index (Phi) is 7.88. The van der Waals surface area contributed by atoms with Crippen molar-refractivity contribution in [1.29, 1.82) is 0 Å². The first-order valence-corrected chi connectivity index (χ1v) is 13.9. The fourth-order valence-corrected chi connectivity index (χ4v) is 6.47. The van der Waals surface area contributed by atoms with Crippen LogP contribution in [-0.2, 0) is 24.7 Å². The third-order valence-corrected chi connectivity index (χ3v) is 8.85. The van der Waals surface area contributed by atoms with Gasteiger partial charge in [-0.15, -0.1) is 13.2 Å². The molecule has 15 heteroatoms. The average molecular weight is 553 g/mol. The summed E-state index contributed by atoms with van der Waals surface area (Å²) in [4.78, 5) is 11.2. The predicted molar refractivity (Wildman–Crippen MR) is 120 cm³/mol. The summed E-state index contributed by atoms with van der Waals surface area (Å²) in [7, 11) is -7.57. The van der Waals surface area contributed by atoms with E-state index in [9.17, 15) is 40.0 Å². The molecule has 1 aliphatic heterocycles. The van der Waals surface area contributed by atoms with Crippen LogP contribution in [0.15, 0.2) is 53.4 Å². The molecule has 198 valence electrons. The number of carbonyl (C=O) groups excluding carboxylic acids is 1. The van der Waals surface area contributed by atoms with Crippen LogP contribution in [0.1, 0.15) is 12.8 Å². The van der Waals surface area contributed by atoms with Crippen LogP contribution < -0.4 is 9.47 Å². The molecule has 2 aromatic carbocycles. The maximum atomic E-state index is 13.1. The van der Waals surface area contributed by atoms with E-state index in [2.05, 4.69) is 4.74 Å². The summed E-state index contributed by atoms with van der Waals surface area (Å²) in [6.45, 7) is -0.141. The van der Waals surface area contributed by atoms with E-state index >= 15 is 0 Å². The van der Waals surface area contributed by atoms with E-state index in [4.69, 9.17) is 4.74 Å². The van der Waals surface area contributed by atoms with E-state index in [1.54, 1.807) is 0 Å². The maximum Gasteiger partial charge on any atom is 0.573 e. The number of sulfonamides is 1. The predicted octanol–water partition coefficient (Wildman–Crippen LogP) is 2.79. The van der Waals surface area contributed by atoms with Gasteiger partial charge in [0.25, 0.3) is 0 Å². The number of sulfone groups is 1. The summed E-state index contributed by atoms with van der Waals surface area (Å²) >= 11 is 0. The second-order valence-corrected chi connectivity index (χ2v) is 12.2. The number of hydrogen-bond acceptors (Lipinski definition) is 8. The molecular weight excluding hydrogens is 529 g/mol. The van der Waals surface area contributed by atoms with Crippen LogP contribution in [0, 0.1) is 0 Å². The molecule has 0 bridgehead atoms. The topological polar surface area (TPSA) is 131 Å². The molecule has 1 aliphatic rings. The van der Waals surface area contributed by atoms with Crippen molar-refractivity contribution in [2.75, 3.05) is 25.1 Å². The van der Waals surface area contributed by atoms with Gasteiger partial charge in [-0.2, -0.15) is 0 Å². The van der Waals surface area contributed by atoms with Gasteiger partial charge in [-0.25, -0.2) is 26.2 Å². The monoisotopic (exact) mass is 552 g/mol. The first-order valence-electron chi connectivity index (χ1n) is 10.4. The highest BCUT2D eigenvalue weighted by Crippen LogP contribution is 2.33. The van der Waals surface area contributed by atoms with E-state index in [0.717, 1.165) is 22.7 Å². The van der Waals surface area contributed by atoms with Gasteiger partial charge < -0.3 is 9.47 Å². The van der Waals surface area contributed by atoms with Gasteiger partial charge in [0.05, 0.1) is 22.4 Å². The SMILES string of the molecule is CS(=O)(=O)N1CCC(CS(=O)(=O)c2ccc(Oc3ccc(OC(F)(F)F)cc3)cc2)(N(O)C=O)CC1. The number of piperidine rings is 1. The van der Waals surface area contributed by atoms with Crippen molar-refractivity contribution >= 4 is 26.3 Å². The lowest BCUT2D eigenvalue weighted by atomic mass is 9.90. The minimum Gasteiger partial charge on any atom is -0.457 e. The van der Waals surface area contributed by atoms with Crippen LogP contribution in [0.2, 0.25) is 0 Å². The van der Waals surface area contributed by atoms with Crippen molar-refractivity contribution in [2.45, 2.75) is 29.6 Å². The maximum absolute atomic E-state index is 13.1. The fraction of sp³-hybridized carbons (Fsp3) is 0.381. The lowest BCUT2D eigenvalue weighted by molar-refractivity contribution is -0.274. The Balaban J connectivity index is 1.72. The van der Waals surface area contributed by atoms with Crippen LogP contribution in [0.3, 0.4) is 0 Å². The number of benzene rings is 2. The molecule has 1 heterocycles. The standard InChI is InChI=1S/C21H23F3N2O8S2/c1-35(29,30)25-12-10-20(11-13-25,26(28)15-27)14-36(31,32)19-8-6-17(7-9-19)33-16-2-4-18(5-3-16)34-21(22,23)24/h2-9,15,28H,10-14H2,1H3. The number of amides is 1. The lowest BCUT2D eigenvalue weighted by Crippen LogP contribution is -2.58. The second kappa shape index (κ2) is 10.2. The molecule has 2 aromatic rings. The number of hydroxylamine groups is 2. The molecule has 0 atom stereocenters. The van der Waals surface area contributed by atoms with Gasteiger partial charge in [0, 0.05) is 13.1 Å². The van der Waals surface area contributed by atoms with Crippen molar-refractivity contribution < 1.29 is 49.5 Å². The molecule has 1 fully saturated rings. The number of hydrogen-bond donors (Lipinski definition) is 1. The Bertz CT molecular complexity index is 1270. The summed E-state index contributed by atoms with van der Waals surface area (Å²) < 4.78 is 97.0. The van der Waals surface area contributed by atoms with Gasteiger partial charge in [0.2, 0.25) is 16.4 Å². The lowest BCUT2D eigenvalue weighted by Gasteiger charge is -2.43. The zero-order valence-electron chi connectivity index (χ0n) is 18.9. The summed E-state index contributed by atoms with van der Waals surface area (Å²) in [6, 6.07) is 9.77. The molecule has 10 nitrogen and oxygen atoms in total. The smallest absolute Gasteiger partial charge is 0.457 e. The largest absolute Gasteiger partial charge is 0.573 e. The van der Waals surface area contributed by atoms with Crippen LogP contribution >= 0.6 is 0 Å². The third-order valence-electron chi connectivity index (χ3n) is 5.64. The molecule has 0 saturated carbocycles. The number of ether oxygens (including phenoxy) is 2. The molecule has 0 aliphatic carbocycles. The zero-order chi connectivity index (χ0) is 26.8. The van der Waals surface area contributed by atoms with Crippen LogP contribution in [0.5, 0.6) is 17.2 Å². The van der Waals surface area contributed by atoms with E-state index in [1.165, 1.54) is 36.4 Å². The van der Waals surface area contributed by atoms with Gasteiger partial charge in [0.1, 0.15) is 17.2 Å². The minimum absolute atomic E-state index is 0.0706. The van der Waals surface area contributed by atoms with Crippen molar-refractivity contribution in [3.8, 4) is 17.2 Å². The number of rotatable bonds is 9. The number of nitrogens with zero attached hydrogens (tertiary/aromatic N) is 2. The Morgan fingerprint density at radius 1 is 0.972 bits per heavy atom. The number of halogens is 3. The van der Waals surface area contributed by atoms with Gasteiger partial charge >= 0.3 is 6.36 Å². The van der Waals surface area contributed by atoms with Crippen molar-refractivity contribution in [3.05, 3.63) is 48.5 Å². The molecule has 1 N–H and O–H groups in total. The first kappa shape index (κ1) is 27.7. The molecule has 1 amide bonds. The molecular formula is C21H23F3N2O8S2. The van der Waals surface area contributed by atoms with E-state index in [1.807, 2.05) is 0 Å². The van der Waals surface area contributed by atoms with Gasteiger partial charge in [-0.3, -0.25) is 10.0 Å². The molecule has 3 rings (SSSR count). The summed E-state index contributed by atoms with van der Waals surface area (Å²) in [6.07, 6.45) is -3.91. The third kappa shape index (κ3) is 6.87. The van der Waals surface area contributed by atoms with Crippen molar-refractivity contribution in [1.82, 2.24) is 9.37 Å². The average Bonchev–Trinajstić information content (AvgIpc) is 2.78.